The van der Waals surface area contributed by atoms with Crippen LogP contribution in [0.4, 0.5) is 4.79 Å². The van der Waals surface area contributed by atoms with E-state index in [0.29, 0.717) is 6.61 Å². The first-order valence-electron chi connectivity index (χ1n) is 12.8. The third-order valence-corrected chi connectivity index (χ3v) is 5.50. The molecule has 1 atom stereocenters. The molecule has 0 bridgehead atoms. The van der Waals surface area contributed by atoms with Gasteiger partial charge in [-0.05, 0) is 45.2 Å². The monoisotopic (exact) mass is 455 g/mol. The number of hydrogen-bond acceptors (Lipinski definition) is 6. The molecule has 6 heteroatoms. The van der Waals surface area contributed by atoms with E-state index >= 15 is 0 Å². The maximum absolute atomic E-state index is 12.3. The van der Waals surface area contributed by atoms with E-state index in [9.17, 15) is 9.59 Å². The minimum absolute atomic E-state index is 0.0799. The van der Waals surface area contributed by atoms with Crippen LogP contribution in [0, 0.1) is 5.92 Å². The van der Waals surface area contributed by atoms with E-state index in [4.69, 9.17) is 14.2 Å². The lowest BCUT2D eigenvalue weighted by Gasteiger charge is -2.17. The highest BCUT2D eigenvalue weighted by atomic mass is 16.7. The summed E-state index contributed by atoms with van der Waals surface area (Å²) in [5.41, 5.74) is 1.19. The summed E-state index contributed by atoms with van der Waals surface area (Å²) >= 11 is 0. The molecule has 0 saturated heterocycles. The van der Waals surface area contributed by atoms with Gasteiger partial charge in [-0.15, -0.1) is 0 Å². The highest BCUT2D eigenvalue weighted by molar-refractivity contribution is 5.82. The molecule has 0 aromatic heterocycles. The lowest BCUT2D eigenvalue weighted by Crippen LogP contribution is -2.25. The second-order valence-electron chi connectivity index (χ2n) is 8.60. The summed E-state index contributed by atoms with van der Waals surface area (Å²) < 4.78 is 15.6. The summed E-state index contributed by atoms with van der Waals surface area (Å²) in [6.45, 7) is 14.1. The molecule has 0 aliphatic heterocycles. The fourth-order valence-corrected chi connectivity index (χ4v) is 3.37. The van der Waals surface area contributed by atoms with Gasteiger partial charge in [0.15, 0.2) is 0 Å². The molecule has 0 spiro atoms. The van der Waals surface area contributed by atoms with Gasteiger partial charge in [-0.3, -0.25) is 0 Å². The zero-order chi connectivity index (χ0) is 24.0. The number of allylic oxidation sites excluding steroid dienone is 1. The number of ether oxygens (including phenoxy) is 3. The topological polar surface area (TPSA) is 65.1 Å². The Labute approximate surface area is 197 Å². The van der Waals surface area contributed by atoms with Crippen molar-refractivity contribution < 1.29 is 23.8 Å². The Bertz CT molecular complexity index is 502. The van der Waals surface area contributed by atoms with Gasteiger partial charge < -0.3 is 19.1 Å². The zero-order valence-corrected chi connectivity index (χ0v) is 21.5. The maximum Gasteiger partial charge on any atom is 0.508 e. The second kappa shape index (κ2) is 21.3. The van der Waals surface area contributed by atoms with Crippen LogP contribution in [0.15, 0.2) is 11.6 Å². The van der Waals surface area contributed by atoms with E-state index in [0.717, 1.165) is 51.7 Å². The molecular weight excluding hydrogens is 406 g/mol. The first kappa shape index (κ1) is 30.4. The van der Waals surface area contributed by atoms with Gasteiger partial charge in [-0.2, -0.15) is 0 Å². The van der Waals surface area contributed by atoms with Crippen LogP contribution < -0.4 is 0 Å². The third-order valence-electron chi connectivity index (χ3n) is 5.50. The van der Waals surface area contributed by atoms with Crippen molar-refractivity contribution in [1.82, 2.24) is 4.90 Å². The van der Waals surface area contributed by atoms with Crippen molar-refractivity contribution in [2.24, 2.45) is 5.92 Å². The number of unbranched alkanes of at least 4 members (excludes halogenated alkanes) is 5. The normalized spacial score (nSPS) is 12.6. The summed E-state index contributed by atoms with van der Waals surface area (Å²) in [4.78, 5) is 26.3. The first-order chi connectivity index (χ1) is 15.5. The molecule has 6 nitrogen and oxygen atoms in total. The maximum atomic E-state index is 12.3. The average Bonchev–Trinajstić information content (AvgIpc) is 2.79. The smallest absolute Gasteiger partial charge is 0.462 e. The highest BCUT2D eigenvalue weighted by Gasteiger charge is 2.11. The molecule has 0 fully saturated rings. The fourth-order valence-electron chi connectivity index (χ4n) is 3.37. The molecule has 0 aliphatic rings. The minimum Gasteiger partial charge on any atom is -0.462 e. The van der Waals surface area contributed by atoms with Crippen molar-refractivity contribution in [3.05, 3.63) is 11.6 Å². The zero-order valence-electron chi connectivity index (χ0n) is 21.5. The molecule has 0 aromatic carbocycles. The number of esters is 1. The summed E-state index contributed by atoms with van der Waals surface area (Å²) in [7, 11) is 0. The standard InChI is InChI=1S/C26H49NO5/c1-6-10-12-14-17-24(16-13-11-7-2)20-25(28)31-21-23(5)22-32-26(29)30-19-15-18-27(8-3)9-4/h20,23H,6-19,21-22H2,1-5H3/b24-20+. The van der Waals surface area contributed by atoms with Crippen molar-refractivity contribution in [1.29, 1.82) is 0 Å². The van der Waals surface area contributed by atoms with Crippen LogP contribution in [0.2, 0.25) is 0 Å². The summed E-state index contributed by atoms with van der Waals surface area (Å²) in [5, 5.41) is 0. The quantitative estimate of drug-likeness (QED) is 0.118. The van der Waals surface area contributed by atoms with Crippen molar-refractivity contribution in [3.8, 4) is 0 Å². The molecule has 0 aliphatic carbocycles. The molecule has 1 unspecified atom stereocenters. The highest BCUT2D eigenvalue weighted by Crippen LogP contribution is 2.17. The molecule has 32 heavy (non-hydrogen) atoms. The SMILES string of the molecule is CCCCCC/C(=C/C(=O)OCC(C)COC(=O)OCCCN(CC)CC)CCCCC. The summed E-state index contributed by atoms with van der Waals surface area (Å²) in [6.07, 6.45) is 12.0. The Morgan fingerprint density at radius 1 is 0.781 bits per heavy atom. The Morgan fingerprint density at radius 3 is 2.00 bits per heavy atom. The van der Waals surface area contributed by atoms with Crippen molar-refractivity contribution in [3.63, 3.8) is 0 Å². The van der Waals surface area contributed by atoms with E-state index < -0.39 is 6.16 Å². The van der Waals surface area contributed by atoms with Crippen LogP contribution in [-0.4, -0.2) is 56.5 Å². The van der Waals surface area contributed by atoms with Gasteiger partial charge in [0.05, 0.1) is 13.2 Å². The fraction of sp³-hybridized carbons (Fsp3) is 0.846. The summed E-state index contributed by atoms with van der Waals surface area (Å²) in [5.74, 6) is -0.374. The van der Waals surface area contributed by atoms with Crippen LogP contribution in [0.1, 0.15) is 98.8 Å². The molecule has 0 radical (unpaired) electrons. The molecule has 0 rings (SSSR count). The van der Waals surface area contributed by atoms with E-state index in [2.05, 4.69) is 32.6 Å². The van der Waals surface area contributed by atoms with Crippen LogP contribution in [0.3, 0.4) is 0 Å². The predicted molar refractivity (Wildman–Crippen MR) is 131 cm³/mol. The molecule has 0 amide bonds. The Kier molecular flexibility index (Phi) is 20.3. The van der Waals surface area contributed by atoms with Crippen LogP contribution >= 0.6 is 0 Å². The van der Waals surface area contributed by atoms with E-state index in [1.165, 1.54) is 37.7 Å². The van der Waals surface area contributed by atoms with Gasteiger partial charge in [0.25, 0.3) is 0 Å². The van der Waals surface area contributed by atoms with Gasteiger partial charge in [0.1, 0.15) is 6.61 Å². The lowest BCUT2D eigenvalue weighted by molar-refractivity contribution is -0.139. The molecule has 188 valence electrons. The van der Waals surface area contributed by atoms with Gasteiger partial charge in [0.2, 0.25) is 0 Å². The van der Waals surface area contributed by atoms with Crippen LogP contribution in [0.25, 0.3) is 0 Å². The molecule has 0 heterocycles. The molecule has 0 saturated carbocycles. The van der Waals surface area contributed by atoms with Crippen LogP contribution in [-0.2, 0) is 19.0 Å². The number of carbonyl (C=O) groups excluding carboxylic acids is 2. The number of rotatable bonds is 20. The minimum atomic E-state index is -0.659. The number of nitrogens with zero attached hydrogens (tertiary/aromatic N) is 1. The van der Waals surface area contributed by atoms with E-state index in [-0.39, 0.29) is 25.1 Å². The van der Waals surface area contributed by atoms with E-state index in [1.54, 1.807) is 6.08 Å². The Balaban J connectivity index is 4.17. The Morgan fingerprint density at radius 2 is 1.38 bits per heavy atom. The van der Waals surface area contributed by atoms with Crippen LogP contribution in [0.5, 0.6) is 0 Å². The molecule has 0 N–H and O–H groups in total. The summed E-state index contributed by atoms with van der Waals surface area (Å²) in [6, 6.07) is 0. The van der Waals surface area contributed by atoms with Crippen molar-refractivity contribution in [2.45, 2.75) is 98.8 Å². The molecule has 0 aromatic rings. The lowest BCUT2D eigenvalue weighted by atomic mass is 10.0. The average molecular weight is 456 g/mol. The van der Waals surface area contributed by atoms with E-state index in [1.807, 2.05) is 6.92 Å². The number of carbonyl (C=O) groups is 2. The van der Waals surface area contributed by atoms with Crippen molar-refractivity contribution in [2.75, 3.05) is 39.5 Å². The van der Waals surface area contributed by atoms with Gasteiger partial charge >= 0.3 is 12.1 Å². The number of hydrogen-bond donors (Lipinski definition) is 0. The van der Waals surface area contributed by atoms with Gasteiger partial charge in [-0.1, -0.05) is 72.3 Å². The Hall–Kier alpha value is -1.56. The molecular formula is C26H49NO5. The largest absolute Gasteiger partial charge is 0.508 e. The van der Waals surface area contributed by atoms with Gasteiger partial charge in [0, 0.05) is 18.5 Å². The van der Waals surface area contributed by atoms with Crippen molar-refractivity contribution >= 4 is 12.1 Å². The first-order valence-corrected chi connectivity index (χ1v) is 12.8. The van der Waals surface area contributed by atoms with Gasteiger partial charge in [-0.25, -0.2) is 9.59 Å². The third kappa shape index (κ3) is 18.1. The second-order valence-corrected chi connectivity index (χ2v) is 8.60. The predicted octanol–water partition coefficient (Wildman–Crippen LogP) is 6.53.